The van der Waals surface area contributed by atoms with Gasteiger partial charge in [0.15, 0.2) is 0 Å². The predicted octanol–water partition coefficient (Wildman–Crippen LogP) is 3.30. The second kappa shape index (κ2) is 6.27. The molecule has 100 valence electrons. The van der Waals surface area contributed by atoms with Gasteiger partial charge in [-0.3, -0.25) is 0 Å². The molecule has 0 heterocycles. The van der Waals surface area contributed by atoms with Crippen LogP contribution in [0.25, 0.3) is 0 Å². The molecule has 1 aliphatic carbocycles. The van der Waals surface area contributed by atoms with E-state index in [1.54, 1.807) is 0 Å². The SMILES string of the molecule is CC(C)CC1(CNC(=O)NC(C)C)CCCC1. The molecule has 3 nitrogen and oxygen atoms in total. The molecule has 2 amide bonds. The summed E-state index contributed by atoms with van der Waals surface area (Å²) in [4.78, 5) is 11.6. The number of hydrogen-bond acceptors (Lipinski definition) is 1. The average Bonchev–Trinajstić information content (AvgIpc) is 2.62. The molecule has 0 radical (unpaired) electrons. The highest BCUT2D eigenvalue weighted by atomic mass is 16.2. The number of carbonyl (C=O) groups excluding carboxylic acids is 1. The monoisotopic (exact) mass is 240 g/mol. The lowest BCUT2D eigenvalue weighted by atomic mass is 9.78. The molecule has 1 aliphatic rings. The lowest BCUT2D eigenvalue weighted by Gasteiger charge is -2.31. The van der Waals surface area contributed by atoms with Crippen molar-refractivity contribution >= 4 is 6.03 Å². The van der Waals surface area contributed by atoms with Gasteiger partial charge in [0.2, 0.25) is 0 Å². The van der Waals surface area contributed by atoms with Crippen molar-refractivity contribution in [3.8, 4) is 0 Å². The van der Waals surface area contributed by atoms with Gasteiger partial charge in [-0.05, 0) is 44.4 Å². The second-order valence-electron chi connectivity index (χ2n) is 6.29. The minimum Gasteiger partial charge on any atom is -0.338 e. The zero-order valence-electron chi connectivity index (χ0n) is 11.8. The maximum Gasteiger partial charge on any atom is 0.315 e. The Morgan fingerprint density at radius 1 is 1.18 bits per heavy atom. The lowest BCUT2D eigenvalue weighted by molar-refractivity contribution is 0.207. The highest BCUT2D eigenvalue weighted by Crippen LogP contribution is 2.42. The second-order valence-corrected chi connectivity index (χ2v) is 6.29. The summed E-state index contributed by atoms with van der Waals surface area (Å²) >= 11 is 0. The van der Waals surface area contributed by atoms with Gasteiger partial charge < -0.3 is 10.6 Å². The van der Waals surface area contributed by atoms with Crippen LogP contribution in [0.15, 0.2) is 0 Å². The summed E-state index contributed by atoms with van der Waals surface area (Å²) in [5.41, 5.74) is 0.364. The van der Waals surface area contributed by atoms with E-state index in [2.05, 4.69) is 24.5 Å². The average molecular weight is 240 g/mol. The topological polar surface area (TPSA) is 41.1 Å². The van der Waals surface area contributed by atoms with Crippen LogP contribution in [0.5, 0.6) is 0 Å². The number of hydrogen-bond donors (Lipinski definition) is 2. The first kappa shape index (κ1) is 14.3. The summed E-state index contributed by atoms with van der Waals surface area (Å²) in [6, 6.07) is 0.189. The van der Waals surface area contributed by atoms with Crippen molar-refractivity contribution in [2.75, 3.05) is 6.54 Å². The number of urea groups is 1. The molecule has 1 fully saturated rings. The van der Waals surface area contributed by atoms with Crippen LogP contribution in [-0.4, -0.2) is 18.6 Å². The fraction of sp³-hybridized carbons (Fsp3) is 0.929. The summed E-state index contributed by atoms with van der Waals surface area (Å²) in [6.07, 6.45) is 6.41. The summed E-state index contributed by atoms with van der Waals surface area (Å²) < 4.78 is 0. The molecule has 1 saturated carbocycles. The van der Waals surface area contributed by atoms with Gasteiger partial charge in [-0.1, -0.05) is 26.7 Å². The van der Waals surface area contributed by atoms with E-state index in [0.717, 1.165) is 6.54 Å². The van der Waals surface area contributed by atoms with Crippen LogP contribution in [0.1, 0.15) is 59.8 Å². The Bertz CT molecular complexity index is 243. The molecule has 0 aromatic carbocycles. The van der Waals surface area contributed by atoms with Crippen LogP contribution in [0.4, 0.5) is 4.79 Å². The molecule has 0 saturated heterocycles. The number of nitrogens with one attached hydrogen (secondary N) is 2. The van der Waals surface area contributed by atoms with Crippen molar-refractivity contribution in [2.24, 2.45) is 11.3 Å². The highest BCUT2D eigenvalue weighted by Gasteiger charge is 2.34. The zero-order chi connectivity index (χ0) is 12.9. The molecule has 0 aromatic rings. The zero-order valence-corrected chi connectivity index (χ0v) is 11.8. The van der Waals surface area contributed by atoms with Crippen LogP contribution in [0, 0.1) is 11.3 Å². The number of rotatable bonds is 5. The molecule has 3 heteroatoms. The van der Waals surface area contributed by atoms with Gasteiger partial charge in [0.05, 0.1) is 0 Å². The van der Waals surface area contributed by atoms with Gasteiger partial charge in [0, 0.05) is 12.6 Å². The van der Waals surface area contributed by atoms with Gasteiger partial charge in [-0.15, -0.1) is 0 Å². The van der Waals surface area contributed by atoms with Crippen LogP contribution in [0.2, 0.25) is 0 Å². The maximum absolute atomic E-state index is 11.6. The Labute approximate surface area is 106 Å². The third-order valence-corrected chi connectivity index (χ3v) is 3.55. The molecule has 0 bridgehead atoms. The molecule has 0 spiro atoms. The smallest absolute Gasteiger partial charge is 0.315 e. The highest BCUT2D eigenvalue weighted by molar-refractivity contribution is 5.74. The Kier molecular flexibility index (Phi) is 5.29. The van der Waals surface area contributed by atoms with Gasteiger partial charge >= 0.3 is 6.03 Å². The summed E-state index contributed by atoms with van der Waals surface area (Å²) in [6.45, 7) is 9.35. The van der Waals surface area contributed by atoms with E-state index in [1.165, 1.54) is 32.1 Å². The van der Waals surface area contributed by atoms with E-state index in [0.29, 0.717) is 11.3 Å². The summed E-state index contributed by atoms with van der Waals surface area (Å²) in [5.74, 6) is 0.711. The van der Waals surface area contributed by atoms with Crippen LogP contribution in [0.3, 0.4) is 0 Å². The van der Waals surface area contributed by atoms with Crippen molar-refractivity contribution < 1.29 is 4.79 Å². The molecule has 1 rings (SSSR count). The van der Waals surface area contributed by atoms with Gasteiger partial charge in [0.25, 0.3) is 0 Å². The van der Waals surface area contributed by atoms with Crippen molar-refractivity contribution in [1.82, 2.24) is 10.6 Å². The minimum atomic E-state index is -0.0185. The Morgan fingerprint density at radius 3 is 2.24 bits per heavy atom. The van der Waals surface area contributed by atoms with Gasteiger partial charge in [-0.2, -0.15) is 0 Å². The first-order valence-corrected chi connectivity index (χ1v) is 6.98. The van der Waals surface area contributed by atoms with E-state index in [4.69, 9.17) is 0 Å². The van der Waals surface area contributed by atoms with E-state index in [-0.39, 0.29) is 12.1 Å². The predicted molar refractivity (Wildman–Crippen MR) is 72.0 cm³/mol. The van der Waals surface area contributed by atoms with E-state index in [1.807, 2.05) is 13.8 Å². The Balaban J connectivity index is 2.42. The van der Waals surface area contributed by atoms with Crippen LogP contribution >= 0.6 is 0 Å². The molecule has 0 atom stereocenters. The van der Waals surface area contributed by atoms with Crippen LogP contribution < -0.4 is 10.6 Å². The molecular formula is C14H28N2O. The normalized spacial score (nSPS) is 18.7. The molecular weight excluding hydrogens is 212 g/mol. The largest absolute Gasteiger partial charge is 0.338 e. The standard InChI is InChI=1S/C14H28N2O/c1-11(2)9-14(7-5-6-8-14)10-15-13(17)16-12(3)4/h11-12H,5-10H2,1-4H3,(H2,15,16,17). The molecule has 0 unspecified atom stereocenters. The fourth-order valence-electron chi connectivity index (χ4n) is 3.03. The first-order valence-electron chi connectivity index (χ1n) is 6.98. The van der Waals surface area contributed by atoms with E-state index in [9.17, 15) is 4.79 Å². The molecule has 2 N–H and O–H groups in total. The maximum atomic E-state index is 11.6. The van der Waals surface area contributed by atoms with Crippen molar-refractivity contribution in [3.05, 3.63) is 0 Å². The molecule has 0 aliphatic heterocycles. The van der Waals surface area contributed by atoms with Gasteiger partial charge in [-0.25, -0.2) is 4.79 Å². The number of amides is 2. The quantitative estimate of drug-likeness (QED) is 0.760. The first-order chi connectivity index (χ1) is 7.93. The number of carbonyl (C=O) groups is 1. The van der Waals surface area contributed by atoms with E-state index >= 15 is 0 Å². The van der Waals surface area contributed by atoms with Crippen LogP contribution in [-0.2, 0) is 0 Å². The van der Waals surface area contributed by atoms with Crippen molar-refractivity contribution in [1.29, 1.82) is 0 Å². The van der Waals surface area contributed by atoms with Gasteiger partial charge in [0.1, 0.15) is 0 Å². The Morgan fingerprint density at radius 2 is 1.76 bits per heavy atom. The van der Waals surface area contributed by atoms with Crippen molar-refractivity contribution in [3.63, 3.8) is 0 Å². The van der Waals surface area contributed by atoms with E-state index < -0.39 is 0 Å². The molecule has 17 heavy (non-hydrogen) atoms. The third-order valence-electron chi connectivity index (χ3n) is 3.55. The Hall–Kier alpha value is -0.730. The van der Waals surface area contributed by atoms with Crippen molar-refractivity contribution in [2.45, 2.75) is 65.8 Å². The fourth-order valence-corrected chi connectivity index (χ4v) is 3.03. The molecule has 0 aromatic heterocycles. The lowest BCUT2D eigenvalue weighted by Crippen LogP contribution is -2.44. The third kappa shape index (κ3) is 4.97. The minimum absolute atomic E-state index is 0.0185. The summed E-state index contributed by atoms with van der Waals surface area (Å²) in [7, 11) is 0. The summed E-state index contributed by atoms with van der Waals surface area (Å²) in [5, 5.41) is 5.94.